The van der Waals surface area contributed by atoms with Crippen molar-refractivity contribution < 1.29 is 22.3 Å². The van der Waals surface area contributed by atoms with Crippen molar-refractivity contribution in [2.24, 2.45) is 0 Å². The summed E-state index contributed by atoms with van der Waals surface area (Å²) < 4.78 is 29.7. The molecule has 17 heavy (non-hydrogen) atoms. The third-order valence-corrected chi connectivity index (χ3v) is 2.20. The first-order valence-corrected chi connectivity index (χ1v) is 5.90. The lowest BCUT2D eigenvalue weighted by Crippen LogP contribution is -2.30. The van der Waals surface area contributed by atoms with Crippen LogP contribution in [0.25, 0.3) is 0 Å². The van der Waals surface area contributed by atoms with Gasteiger partial charge in [0.05, 0.1) is 12.8 Å². The summed E-state index contributed by atoms with van der Waals surface area (Å²) in [6, 6.07) is 6.99. The van der Waals surface area contributed by atoms with Crippen LogP contribution in [0.15, 0.2) is 24.3 Å². The van der Waals surface area contributed by atoms with Gasteiger partial charge >= 0.3 is 10.4 Å². The summed E-state index contributed by atoms with van der Waals surface area (Å²) >= 11 is 0. The van der Waals surface area contributed by atoms with Crippen LogP contribution in [0.3, 0.4) is 0 Å². The van der Waals surface area contributed by atoms with E-state index in [1.165, 1.54) is 0 Å². The molecule has 0 saturated heterocycles. The largest absolute Gasteiger partial charge is 0.508 e. The third kappa shape index (κ3) is 7.53. The maximum atomic E-state index is 9.33. The fourth-order valence-electron chi connectivity index (χ4n) is 0.805. The lowest BCUT2D eigenvalue weighted by molar-refractivity contribution is 0.324. The normalized spacial score (nSPS) is 10.4. The zero-order chi connectivity index (χ0) is 13.5. The standard InChI is InChI=1S/C8H12N2O.CH4O4S/c1-9-10(2)7-3-5-8(11)6-4-7;1-5-6(2,3)4/h3-6,9,11H,1-2H3;1H3,(H,2,3,4). The van der Waals surface area contributed by atoms with E-state index >= 15 is 0 Å². The zero-order valence-electron chi connectivity index (χ0n) is 9.78. The average Bonchev–Trinajstić information content (AvgIpc) is 2.29. The summed E-state index contributed by atoms with van der Waals surface area (Å²) in [5.74, 6) is 0.290. The molecule has 98 valence electrons. The molecule has 1 aromatic carbocycles. The molecule has 0 aromatic heterocycles. The van der Waals surface area contributed by atoms with Crippen LogP contribution in [-0.4, -0.2) is 39.3 Å². The molecule has 0 saturated carbocycles. The molecule has 7 nitrogen and oxygen atoms in total. The van der Waals surface area contributed by atoms with Crippen molar-refractivity contribution in [2.45, 2.75) is 0 Å². The molecule has 8 heteroatoms. The number of anilines is 1. The van der Waals surface area contributed by atoms with Crippen molar-refractivity contribution in [1.29, 1.82) is 0 Å². The van der Waals surface area contributed by atoms with E-state index in [-0.39, 0.29) is 0 Å². The van der Waals surface area contributed by atoms with Crippen molar-refractivity contribution in [3.05, 3.63) is 24.3 Å². The topological polar surface area (TPSA) is 99.1 Å². The Labute approximate surface area is 101 Å². The fraction of sp³-hybridized carbons (Fsp3) is 0.333. The second-order valence-electron chi connectivity index (χ2n) is 2.89. The monoisotopic (exact) mass is 264 g/mol. The van der Waals surface area contributed by atoms with Gasteiger partial charge in [0.2, 0.25) is 0 Å². The Morgan fingerprint density at radius 2 is 1.71 bits per heavy atom. The minimum atomic E-state index is -4.16. The van der Waals surface area contributed by atoms with E-state index in [0.29, 0.717) is 5.75 Å². The molecular formula is C9H16N2O5S. The highest BCUT2D eigenvalue weighted by Gasteiger charge is 1.95. The molecule has 0 heterocycles. The van der Waals surface area contributed by atoms with Crippen LogP contribution in [0, 0.1) is 0 Å². The maximum absolute atomic E-state index is 9.33. The smallest absolute Gasteiger partial charge is 0.397 e. The highest BCUT2D eigenvalue weighted by molar-refractivity contribution is 7.80. The van der Waals surface area contributed by atoms with Crippen LogP contribution in [0.5, 0.6) is 5.75 Å². The van der Waals surface area contributed by atoms with E-state index in [4.69, 9.17) is 9.66 Å². The van der Waals surface area contributed by atoms with Gasteiger partial charge in [-0.25, -0.2) is 5.43 Å². The van der Waals surface area contributed by atoms with Gasteiger partial charge in [-0.05, 0) is 24.3 Å². The molecule has 1 rings (SSSR count). The van der Waals surface area contributed by atoms with Crippen LogP contribution >= 0.6 is 0 Å². The molecule has 0 unspecified atom stereocenters. The van der Waals surface area contributed by atoms with E-state index in [1.54, 1.807) is 12.1 Å². The van der Waals surface area contributed by atoms with Crippen LogP contribution in [0.2, 0.25) is 0 Å². The Hall–Kier alpha value is -1.35. The molecule has 0 fully saturated rings. The summed E-state index contributed by atoms with van der Waals surface area (Å²) in [6.45, 7) is 0. The van der Waals surface area contributed by atoms with Crippen molar-refractivity contribution in [3.8, 4) is 5.75 Å². The van der Waals surface area contributed by atoms with E-state index < -0.39 is 10.4 Å². The Morgan fingerprint density at radius 3 is 2.00 bits per heavy atom. The molecule has 0 spiro atoms. The predicted octanol–water partition coefficient (Wildman–Crippen LogP) is 0.398. The van der Waals surface area contributed by atoms with E-state index in [2.05, 4.69) is 9.61 Å². The lowest BCUT2D eigenvalue weighted by atomic mass is 10.3. The van der Waals surface area contributed by atoms with Gasteiger partial charge in [0.25, 0.3) is 0 Å². The summed E-state index contributed by atoms with van der Waals surface area (Å²) in [7, 11) is 0.458. The van der Waals surface area contributed by atoms with Crippen molar-refractivity contribution in [1.82, 2.24) is 5.43 Å². The van der Waals surface area contributed by atoms with Gasteiger partial charge in [0, 0.05) is 14.1 Å². The highest BCUT2D eigenvalue weighted by Crippen LogP contribution is 2.15. The molecule has 3 N–H and O–H groups in total. The zero-order valence-corrected chi connectivity index (χ0v) is 10.6. The Morgan fingerprint density at radius 1 is 1.29 bits per heavy atom. The summed E-state index contributed by atoms with van der Waals surface area (Å²) in [5, 5.41) is 10.8. The first kappa shape index (κ1) is 15.7. The van der Waals surface area contributed by atoms with Gasteiger partial charge in [0.1, 0.15) is 5.75 Å². The van der Waals surface area contributed by atoms with Crippen molar-refractivity contribution in [2.75, 3.05) is 26.2 Å². The van der Waals surface area contributed by atoms with Crippen LogP contribution in [0.1, 0.15) is 0 Å². The van der Waals surface area contributed by atoms with E-state index in [0.717, 1.165) is 12.8 Å². The number of hydrogen-bond donors (Lipinski definition) is 3. The minimum Gasteiger partial charge on any atom is -0.508 e. The summed E-state index contributed by atoms with van der Waals surface area (Å²) in [4.78, 5) is 0. The van der Waals surface area contributed by atoms with E-state index in [1.807, 2.05) is 31.2 Å². The molecule has 0 aliphatic carbocycles. The Balaban J connectivity index is 0.000000366. The molecule has 0 radical (unpaired) electrons. The molecular weight excluding hydrogens is 248 g/mol. The predicted molar refractivity (Wildman–Crippen MR) is 64.1 cm³/mol. The second kappa shape index (κ2) is 7.07. The first-order valence-electron chi connectivity index (χ1n) is 4.53. The van der Waals surface area contributed by atoms with Crippen molar-refractivity contribution >= 4 is 16.1 Å². The SMILES string of the molecule is CNN(C)c1ccc(O)cc1.COS(=O)(=O)O. The molecule has 0 atom stereocenters. The molecule has 1 aromatic rings. The second-order valence-corrected chi connectivity index (χ2v) is 4.08. The number of nitrogens with one attached hydrogen (secondary N) is 1. The number of hydrazine groups is 1. The molecule has 0 aliphatic rings. The number of aromatic hydroxyl groups is 1. The van der Waals surface area contributed by atoms with Gasteiger partial charge in [-0.1, -0.05) is 0 Å². The van der Waals surface area contributed by atoms with Crippen LogP contribution < -0.4 is 10.4 Å². The minimum absolute atomic E-state index is 0.290. The summed E-state index contributed by atoms with van der Waals surface area (Å²) in [6.07, 6.45) is 0. The molecule has 0 amide bonds. The van der Waals surface area contributed by atoms with Crippen LogP contribution in [0.4, 0.5) is 5.69 Å². The Kier molecular flexibility index (Phi) is 6.51. The van der Waals surface area contributed by atoms with Gasteiger partial charge < -0.3 is 10.1 Å². The van der Waals surface area contributed by atoms with Gasteiger partial charge in [0.15, 0.2) is 0 Å². The lowest BCUT2D eigenvalue weighted by Gasteiger charge is -2.16. The number of phenols is 1. The number of rotatable bonds is 3. The number of hydrogen-bond acceptors (Lipinski definition) is 6. The third-order valence-electron chi connectivity index (χ3n) is 1.78. The van der Waals surface area contributed by atoms with Crippen LogP contribution in [-0.2, 0) is 14.6 Å². The number of benzene rings is 1. The fourth-order valence-corrected chi connectivity index (χ4v) is 0.805. The number of nitrogens with zero attached hydrogens (tertiary/aromatic N) is 1. The van der Waals surface area contributed by atoms with Gasteiger partial charge in [-0.15, -0.1) is 0 Å². The molecule has 0 bridgehead atoms. The maximum Gasteiger partial charge on any atom is 0.397 e. The average molecular weight is 264 g/mol. The Bertz CT molecular complexity index is 418. The van der Waals surface area contributed by atoms with Gasteiger partial charge in [-0.2, -0.15) is 8.42 Å². The summed E-state index contributed by atoms with van der Waals surface area (Å²) in [5.41, 5.74) is 3.97. The van der Waals surface area contributed by atoms with E-state index in [9.17, 15) is 8.42 Å². The van der Waals surface area contributed by atoms with Crippen molar-refractivity contribution in [3.63, 3.8) is 0 Å². The quantitative estimate of drug-likeness (QED) is 0.536. The highest BCUT2D eigenvalue weighted by atomic mass is 32.3. The first-order chi connectivity index (χ1) is 7.80. The van der Waals surface area contributed by atoms with Gasteiger partial charge in [-0.3, -0.25) is 8.74 Å². The number of phenolic OH excluding ortho intramolecular Hbond substituents is 1. The molecule has 0 aliphatic heterocycles.